The van der Waals surface area contributed by atoms with Crippen LogP contribution in [0.25, 0.3) is 10.9 Å². The number of hydrogen-bond donors (Lipinski definition) is 1. The molecular formula is C11H12N2. The van der Waals surface area contributed by atoms with Gasteiger partial charge in [0.15, 0.2) is 6.20 Å². The summed E-state index contributed by atoms with van der Waals surface area (Å²) in [7, 11) is 0. The average Bonchev–Trinajstić information content (AvgIpc) is 2.10. The number of nitrogens with zero attached hydrogens (tertiary/aromatic N) is 1. The first-order valence-corrected chi connectivity index (χ1v) is 4.05. The van der Waals surface area contributed by atoms with Gasteiger partial charge in [0, 0.05) is 5.69 Å². The molecule has 0 saturated carbocycles. The van der Waals surface area contributed by atoms with Gasteiger partial charge in [0.05, 0.1) is 6.57 Å². The van der Waals surface area contributed by atoms with Crippen LogP contribution >= 0.6 is 0 Å². The van der Waals surface area contributed by atoms with Crippen molar-refractivity contribution in [1.82, 2.24) is 0 Å². The fourth-order valence-corrected chi connectivity index (χ4v) is 1.23. The summed E-state index contributed by atoms with van der Waals surface area (Å²) in [6.45, 7) is 10.6. The Morgan fingerprint density at radius 2 is 1.85 bits per heavy atom. The van der Waals surface area contributed by atoms with Gasteiger partial charge < -0.3 is 5.73 Å². The Hall–Kier alpha value is -1.75. The van der Waals surface area contributed by atoms with Crippen molar-refractivity contribution in [3.8, 4) is 0 Å². The summed E-state index contributed by atoms with van der Waals surface area (Å²) in [6.07, 6.45) is 3.23. The monoisotopic (exact) mass is 172 g/mol. The molecule has 0 spiro atoms. The van der Waals surface area contributed by atoms with Gasteiger partial charge >= 0.3 is 0 Å². The molecule has 2 N–H and O–H groups in total. The van der Waals surface area contributed by atoms with Crippen molar-refractivity contribution in [3.05, 3.63) is 46.4 Å². The van der Waals surface area contributed by atoms with Crippen LogP contribution in [0.3, 0.4) is 0 Å². The van der Waals surface area contributed by atoms with Crippen LogP contribution in [0.4, 0.5) is 5.69 Å². The zero-order chi connectivity index (χ0) is 9.84. The number of aryl methyl sites for hydroxylation is 2. The molecule has 0 unspecified atom stereocenters. The predicted molar refractivity (Wildman–Crippen MR) is 56.0 cm³/mol. The van der Waals surface area contributed by atoms with Crippen LogP contribution in [-0.4, -0.2) is 0 Å². The quantitative estimate of drug-likeness (QED) is 0.512. The second kappa shape index (κ2) is 3.77. The molecule has 0 amide bonds. The van der Waals surface area contributed by atoms with Gasteiger partial charge in [0.2, 0.25) is 0 Å². The van der Waals surface area contributed by atoms with E-state index in [4.69, 9.17) is 12.3 Å². The Bertz CT molecular complexity index is 361. The van der Waals surface area contributed by atoms with Crippen LogP contribution in [0, 0.1) is 20.4 Å². The summed E-state index contributed by atoms with van der Waals surface area (Å²) in [5.74, 6) is 0. The topological polar surface area (TPSA) is 30.4 Å². The second-order valence-corrected chi connectivity index (χ2v) is 3.01. The highest BCUT2D eigenvalue weighted by Gasteiger charge is 1.98. The van der Waals surface area contributed by atoms with Gasteiger partial charge in [0.1, 0.15) is 0 Å². The Balaban J connectivity index is 3.15. The molecule has 0 fully saturated rings. The molecule has 1 rings (SSSR count). The summed E-state index contributed by atoms with van der Waals surface area (Å²) in [4.78, 5) is 3.15. The lowest BCUT2D eigenvalue weighted by Gasteiger charge is -2.05. The molecule has 1 aromatic carbocycles. The van der Waals surface area contributed by atoms with Crippen molar-refractivity contribution in [3.63, 3.8) is 0 Å². The van der Waals surface area contributed by atoms with Gasteiger partial charge in [-0.1, -0.05) is 18.2 Å². The van der Waals surface area contributed by atoms with Crippen LogP contribution in [0.1, 0.15) is 16.7 Å². The summed E-state index contributed by atoms with van der Waals surface area (Å²) in [5.41, 5.74) is 9.78. The third-order valence-electron chi connectivity index (χ3n) is 1.96. The smallest absolute Gasteiger partial charge is 0.154 e. The van der Waals surface area contributed by atoms with Crippen LogP contribution in [0.15, 0.2) is 18.3 Å². The first kappa shape index (κ1) is 9.34. The summed E-state index contributed by atoms with van der Waals surface area (Å²) >= 11 is 0. The molecule has 0 atom stereocenters. The Morgan fingerprint density at radius 3 is 2.31 bits per heavy atom. The molecule has 0 bridgehead atoms. The highest BCUT2D eigenvalue weighted by molar-refractivity contribution is 5.61. The number of anilines is 1. The van der Waals surface area contributed by atoms with Crippen LogP contribution in [-0.2, 0) is 0 Å². The highest BCUT2D eigenvalue weighted by Crippen LogP contribution is 2.19. The molecule has 0 heterocycles. The van der Waals surface area contributed by atoms with Crippen molar-refractivity contribution in [2.24, 2.45) is 0 Å². The minimum Gasteiger partial charge on any atom is -0.398 e. The fraction of sp³-hybridized carbons (Fsp3) is 0.182. The van der Waals surface area contributed by atoms with Crippen molar-refractivity contribution >= 4 is 11.8 Å². The predicted octanol–water partition coefficient (Wildman–Crippen LogP) is 2.78. The lowest BCUT2D eigenvalue weighted by molar-refractivity contribution is 1.38. The molecule has 2 heteroatoms. The standard InChI is InChI=1S/C11H12N2/c1-8-6-10(4-5-13-3)7-9(2)11(8)12/h4-7H,12H2,1-2H3. The van der Waals surface area contributed by atoms with Crippen LogP contribution in [0.5, 0.6) is 0 Å². The van der Waals surface area contributed by atoms with E-state index < -0.39 is 0 Å². The molecule has 0 saturated heterocycles. The van der Waals surface area contributed by atoms with Gasteiger partial charge in [-0.3, -0.25) is 0 Å². The van der Waals surface area contributed by atoms with Gasteiger partial charge in [-0.15, -0.1) is 0 Å². The minimum absolute atomic E-state index is 0.833. The fourth-order valence-electron chi connectivity index (χ4n) is 1.23. The number of nitrogens with two attached hydrogens (primary N) is 1. The maximum atomic E-state index is 6.62. The Morgan fingerprint density at radius 1 is 1.31 bits per heavy atom. The molecule has 13 heavy (non-hydrogen) atoms. The molecular weight excluding hydrogens is 160 g/mol. The van der Waals surface area contributed by atoms with Crippen LogP contribution in [0.2, 0.25) is 0 Å². The van der Waals surface area contributed by atoms with Gasteiger partial charge in [-0.25, -0.2) is 4.85 Å². The highest BCUT2D eigenvalue weighted by atomic mass is 14.6. The van der Waals surface area contributed by atoms with Crippen molar-refractivity contribution in [2.45, 2.75) is 13.8 Å². The number of rotatable bonds is 1. The number of benzene rings is 1. The Kier molecular flexibility index (Phi) is 2.71. The van der Waals surface area contributed by atoms with E-state index in [1.165, 1.54) is 6.20 Å². The first-order valence-electron chi connectivity index (χ1n) is 4.05. The van der Waals surface area contributed by atoms with E-state index in [2.05, 4.69) is 4.85 Å². The Labute approximate surface area is 78.5 Å². The van der Waals surface area contributed by atoms with Crippen molar-refractivity contribution in [1.29, 1.82) is 0 Å². The van der Waals surface area contributed by atoms with E-state index in [1.807, 2.05) is 26.0 Å². The van der Waals surface area contributed by atoms with E-state index in [-0.39, 0.29) is 0 Å². The van der Waals surface area contributed by atoms with Crippen LogP contribution < -0.4 is 5.73 Å². The molecule has 0 aliphatic rings. The van der Waals surface area contributed by atoms with E-state index >= 15 is 0 Å². The lowest BCUT2D eigenvalue weighted by Crippen LogP contribution is -1.93. The molecule has 66 valence electrons. The number of hydrogen-bond acceptors (Lipinski definition) is 1. The molecule has 0 aromatic heterocycles. The number of nitrogen functional groups attached to an aromatic ring is 1. The summed E-state index contributed by atoms with van der Waals surface area (Å²) in [6, 6.07) is 3.95. The zero-order valence-electron chi connectivity index (χ0n) is 7.83. The van der Waals surface area contributed by atoms with E-state index in [1.54, 1.807) is 6.08 Å². The normalized spacial score (nSPS) is 10.2. The maximum Gasteiger partial charge on any atom is 0.154 e. The minimum atomic E-state index is 0.833. The van der Waals surface area contributed by atoms with E-state index in [0.717, 1.165) is 22.4 Å². The van der Waals surface area contributed by atoms with Gasteiger partial charge in [-0.2, -0.15) is 0 Å². The average molecular weight is 172 g/mol. The zero-order valence-corrected chi connectivity index (χ0v) is 7.83. The molecule has 1 aromatic rings. The molecule has 2 nitrogen and oxygen atoms in total. The van der Waals surface area contributed by atoms with E-state index in [0.29, 0.717) is 0 Å². The molecule has 0 radical (unpaired) electrons. The first-order chi connectivity index (χ1) is 6.15. The molecule has 0 aliphatic carbocycles. The third-order valence-corrected chi connectivity index (χ3v) is 1.96. The van der Waals surface area contributed by atoms with E-state index in [9.17, 15) is 0 Å². The molecule has 0 aliphatic heterocycles. The van der Waals surface area contributed by atoms with Crippen molar-refractivity contribution < 1.29 is 0 Å². The lowest BCUT2D eigenvalue weighted by atomic mass is 10.0. The van der Waals surface area contributed by atoms with Gasteiger partial charge in [0.25, 0.3) is 0 Å². The second-order valence-electron chi connectivity index (χ2n) is 3.01. The third kappa shape index (κ3) is 2.09. The van der Waals surface area contributed by atoms with Gasteiger partial charge in [-0.05, 0) is 30.5 Å². The maximum absolute atomic E-state index is 6.62. The summed E-state index contributed by atoms with van der Waals surface area (Å²) in [5, 5.41) is 0. The largest absolute Gasteiger partial charge is 0.398 e. The summed E-state index contributed by atoms with van der Waals surface area (Å²) < 4.78 is 0. The van der Waals surface area contributed by atoms with Crippen molar-refractivity contribution in [2.75, 3.05) is 5.73 Å². The SMILES string of the molecule is [C-]#[N+]C=Cc1cc(C)c(N)c(C)c1.